The molecule has 11 nitrogen and oxygen atoms in total. The minimum absolute atomic E-state index is 0.0200. The number of carbonyl (C=O) groups is 2. The van der Waals surface area contributed by atoms with Gasteiger partial charge in [0, 0.05) is 22.9 Å². The lowest BCUT2D eigenvalue weighted by Crippen LogP contribution is -2.35. The van der Waals surface area contributed by atoms with Crippen LogP contribution >= 0.6 is 0 Å². The number of hydrogen-bond acceptors (Lipinski definition) is 9. The SMILES string of the molecule is CCN(c1cnc(N(COC=O)S(=O)(=O)c2ccc(C(C)=O)cc2)c2ccccc12)S(=O)(=O)c1ccc(C#N)cc1. The van der Waals surface area contributed by atoms with Crippen molar-refractivity contribution in [1.82, 2.24) is 4.98 Å². The summed E-state index contributed by atoms with van der Waals surface area (Å²) < 4.78 is 61.4. The molecule has 0 amide bonds. The van der Waals surface area contributed by atoms with E-state index in [0.717, 1.165) is 8.61 Å². The Morgan fingerprint density at radius 3 is 2.00 bits per heavy atom. The number of nitrogens with zero attached hydrogens (tertiary/aromatic N) is 4. The molecule has 4 rings (SSSR count). The summed E-state index contributed by atoms with van der Waals surface area (Å²) in [5.74, 6) is -0.344. The fraction of sp³-hybridized carbons (Fsp3) is 0.143. The number of aromatic nitrogens is 1. The number of nitriles is 1. The van der Waals surface area contributed by atoms with Gasteiger partial charge in [-0.25, -0.2) is 26.1 Å². The zero-order chi connectivity index (χ0) is 29.8. The van der Waals surface area contributed by atoms with Gasteiger partial charge in [-0.3, -0.25) is 13.9 Å². The van der Waals surface area contributed by atoms with E-state index in [4.69, 9.17) is 10.00 Å². The second-order valence-corrected chi connectivity index (χ2v) is 12.4. The average Bonchev–Trinajstić information content (AvgIpc) is 2.98. The van der Waals surface area contributed by atoms with E-state index in [0.29, 0.717) is 16.5 Å². The average molecular weight is 593 g/mol. The predicted octanol–water partition coefficient (Wildman–Crippen LogP) is 3.85. The van der Waals surface area contributed by atoms with E-state index < -0.39 is 26.8 Å². The smallest absolute Gasteiger partial charge is 0.294 e. The minimum Gasteiger partial charge on any atom is -0.445 e. The molecule has 0 saturated carbocycles. The molecule has 0 spiro atoms. The Hall–Kier alpha value is -4.80. The number of carbonyl (C=O) groups excluding carboxylic acids is 2. The molecular weight excluding hydrogens is 568 g/mol. The Morgan fingerprint density at radius 1 is 0.902 bits per heavy atom. The van der Waals surface area contributed by atoms with Gasteiger partial charge in [-0.1, -0.05) is 36.4 Å². The summed E-state index contributed by atoms with van der Waals surface area (Å²) in [6, 6.07) is 19.2. The fourth-order valence-electron chi connectivity index (χ4n) is 4.19. The molecule has 41 heavy (non-hydrogen) atoms. The van der Waals surface area contributed by atoms with Crippen molar-refractivity contribution in [2.24, 2.45) is 0 Å². The number of sulfonamides is 2. The summed E-state index contributed by atoms with van der Waals surface area (Å²) in [7, 11) is -8.46. The number of ketones is 1. The molecule has 1 aromatic heterocycles. The number of pyridine rings is 1. The summed E-state index contributed by atoms with van der Waals surface area (Å²) in [5.41, 5.74) is 0.810. The van der Waals surface area contributed by atoms with E-state index in [-0.39, 0.29) is 45.5 Å². The number of hydrogen-bond donors (Lipinski definition) is 0. The van der Waals surface area contributed by atoms with Gasteiger partial charge in [0.1, 0.15) is 0 Å². The Balaban J connectivity index is 1.87. The highest BCUT2D eigenvalue weighted by atomic mass is 32.2. The van der Waals surface area contributed by atoms with Crippen LogP contribution in [-0.2, 0) is 29.6 Å². The predicted molar refractivity (Wildman–Crippen MR) is 151 cm³/mol. The molecule has 1 heterocycles. The Labute approximate surface area is 237 Å². The van der Waals surface area contributed by atoms with Crippen LogP contribution in [0.25, 0.3) is 10.8 Å². The van der Waals surface area contributed by atoms with Crippen molar-refractivity contribution in [3.05, 3.63) is 90.1 Å². The van der Waals surface area contributed by atoms with Gasteiger partial charge in [0.05, 0.1) is 33.3 Å². The van der Waals surface area contributed by atoms with Crippen LogP contribution < -0.4 is 8.61 Å². The third-order valence-corrected chi connectivity index (χ3v) is 9.85. The number of Topliss-reactive ketones (excluding diaryl/α,β-unsaturated/α-hetero) is 1. The molecule has 0 atom stereocenters. The lowest BCUT2D eigenvalue weighted by molar-refractivity contribution is -0.128. The highest BCUT2D eigenvalue weighted by Crippen LogP contribution is 2.36. The Morgan fingerprint density at radius 2 is 1.46 bits per heavy atom. The van der Waals surface area contributed by atoms with E-state index in [2.05, 4.69) is 4.98 Å². The van der Waals surface area contributed by atoms with Crippen LogP contribution in [0.4, 0.5) is 11.5 Å². The summed E-state index contributed by atoms with van der Waals surface area (Å²) in [4.78, 5) is 26.9. The summed E-state index contributed by atoms with van der Waals surface area (Å²) in [5, 5.41) is 9.71. The first kappa shape index (κ1) is 29.2. The van der Waals surface area contributed by atoms with Crippen molar-refractivity contribution in [2.45, 2.75) is 23.6 Å². The summed E-state index contributed by atoms with van der Waals surface area (Å²) in [6.07, 6.45) is 1.24. The molecule has 0 bridgehead atoms. The second kappa shape index (κ2) is 11.7. The lowest BCUT2D eigenvalue weighted by atomic mass is 10.1. The number of anilines is 2. The molecular formula is C28H24N4O7S2. The molecule has 0 aliphatic carbocycles. The molecule has 210 valence electrons. The van der Waals surface area contributed by atoms with Crippen LogP contribution in [0.5, 0.6) is 0 Å². The van der Waals surface area contributed by atoms with Gasteiger partial charge in [-0.15, -0.1) is 0 Å². The molecule has 0 unspecified atom stereocenters. The van der Waals surface area contributed by atoms with Gasteiger partial charge < -0.3 is 4.74 Å². The fourth-order valence-corrected chi connectivity index (χ4v) is 6.98. The van der Waals surface area contributed by atoms with E-state index in [1.165, 1.54) is 61.7 Å². The number of rotatable bonds is 11. The van der Waals surface area contributed by atoms with Crippen molar-refractivity contribution < 1.29 is 31.2 Å². The van der Waals surface area contributed by atoms with Crippen LogP contribution in [0.15, 0.2) is 88.8 Å². The van der Waals surface area contributed by atoms with Crippen molar-refractivity contribution in [2.75, 3.05) is 21.9 Å². The highest BCUT2D eigenvalue weighted by Gasteiger charge is 2.31. The number of benzene rings is 3. The van der Waals surface area contributed by atoms with Crippen molar-refractivity contribution >= 4 is 54.6 Å². The van der Waals surface area contributed by atoms with Crippen LogP contribution in [0.1, 0.15) is 29.8 Å². The van der Waals surface area contributed by atoms with Gasteiger partial charge in [-0.05, 0) is 50.2 Å². The summed E-state index contributed by atoms with van der Waals surface area (Å²) in [6.45, 7) is 2.40. The van der Waals surface area contributed by atoms with Crippen LogP contribution in [0.2, 0.25) is 0 Å². The molecule has 0 N–H and O–H groups in total. The molecule has 0 saturated heterocycles. The van der Waals surface area contributed by atoms with E-state index in [9.17, 15) is 26.4 Å². The Kier molecular flexibility index (Phi) is 8.36. The molecule has 0 fully saturated rings. The Bertz CT molecular complexity index is 1870. The maximum atomic E-state index is 13.7. The maximum Gasteiger partial charge on any atom is 0.294 e. The first-order valence-electron chi connectivity index (χ1n) is 12.2. The van der Waals surface area contributed by atoms with Gasteiger partial charge in [0.15, 0.2) is 18.3 Å². The molecule has 0 aliphatic rings. The third-order valence-electron chi connectivity index (χ3n) is 6.23. The molecule has 3 aromatic carbocycles. The third kappa shape index (κ3) is 5.60. The van der Waals surface area contributed by atoms with E-state index in [1.54, 1.807) is 31.2 Å². The van der Waals surface area contributed by atoms with Crippen LogP contribution in [0, 0.1) is 11.3 Å². The monoisotopic (exact) mass is 592 g/mol. The number of fused-ring (bicyclic) bond motifs is 1. The molecule has 0 aliphatic heterocycles. The first-order valence-corrected chi connectivity index (χ1v) is 15.0. The van der Waals surface area contributed by atoms with Gasteiger partial charge in [0.25, 0.3) is 26.5 Å². The van der Waals surface area contributed by atoms with E-state index >= 15 is 0 Å². The first-order chi connectivity index (χ1) is 19.6. The quantitative estimate of drug-likeness (QED) is 0.143. The zero-order valence-corrected chi connectivity index (χ0v) is 23.6. The normalized spacial score (nSPS) is 11.4. The maximum absolute atomic E-state index is 13.7. The lowest BCUT2D eigenvalue weighted by Gasteiger charge is -2.27. The largest absolute Gasteiger partial charge is 0.445 e. The van der Waals surface area contributed by atoms with E-state index in [1.807, 2.05) is 6.07 Å². The van der Waals surface area contributed by atoms with Gasteiger partial charge in [-0.2, -0.15) is 5.26 Å². The van der Waals surface area contributed by atoms with Crippen LogP contribution in [0.3, 0.4) is 0 Å². The van der Waals surface area contributed by atoms with Gasteiger partial charge in [0.2, 0.25) is 0 Å². The highest BCUT2D eigenvalue weighted by molar-refractivity contribution is 7.93. The molecule has 4 aromatic rings. The topological polar surface area (TPSA) is 155 Å². The van der Waals surface area contributed by atoms with Crippen molar-refractivity contribution in [3.8, 4) is 6.07 Å². The van der Waals surface area contributed by atoms with Crippen molar-refractivity contribution in [3.63, 3.8) is 0 Å². The standard InChI is InChI=1S/C28H24N4O7S2/c1-3-31(40(35,36)23-12-8-21(16-29)9-13-23)27-17-30-28(26-7-5-4-6-25(26)27)32(18-39-19-33)41(37,38)24-14-10-22(11-15-24)20(2)34/h4-15,17,19H,3,18H2,1-2H3. The molecule has 13 heteroatoms. The van der Waals surface area contributed by atoms with Crippen LogP contribution in [-0.4, -0.2) is 47.4 Å². The molecule has 0 radical (unpaired) electrons. The van der Waals surface area contributed by atoms with Gasteiger partial charge >= 0.3 is 0 Å². The number of ether oxygens (including phenoxy) is 1. The second-order valence-electron chi connectivity index (χ2n) is 8.64. The summed E-state index contributed by atoms with van der Waals surface area (Å²) >= 11 is 0. The zero-order valence-electron chi connectivity index (χ0n) is 22.0. The minimum atomic E-state index is -4.36. The van der Waals surface area contributed by atoms with Crippen molar-refractivity contribution in [1.29, 1.82) is 5.26 Å².